The summed E-state index contributed by atoms with van der Waals surface area (Å²) in [4.78, 5) is 3.55. The Labute approximate surface area is 90.7 Å². The number of likely N-dealkylation sites (N-methyl/N-ethyl adjacent to an activating group) is 1. The SMILES string of the molecule is CN(C)C(C)(C)C(N)Cc1cccs1. The molecule has 1 rings (SSSR count). The molecule has 0 spiro atoms. The predicted molar refractivity (Wildman–Crippen MR) is 63.8 cm³/mol. The van der Waals surface area contributed by atoms with Crippen molar-refractivity contribution in [2.24, 2.45) is 5.73 Å². The Morgan fingerprint density at radius 2 is 2.14 bits per heavy atom. The average molecular weight is 212 g/mol. The Morgan fingerprint density at radius 1 is 1.50 bits per heavy atom. The molecule has 0 aliphatic carbocycles. The molecular weight excluding hydrogens is 192 g/mol. The fourth-order valence-electron chi connectivity index (χ4n) is 1.23. The maximum Gasteiger partial charge on any atom is 0.0301 e. The summed E-state index contributed by atoms with van der Waals surface area (Å²) in [5.74, 6) is 0. The fourth-order valence-corrected chi connectivity index (χ4v) is 1.99. The lowest BCUT2D eigenvalue weighted by Crippen LogP contribution is -2.53. The molecule has 2 nitrogen and oxygen atoms in total. The molecule has 0 amide bonds. The van der Waals surface area contributed by atoms with Gasteiger partial charge < -0.3 is 10.6 Å². The van der Waals surface area contributed by atoms with Crippen molar-refractivity contribution in [1.29, 1.82) is 0 Å². The summed E-state index contributed by atoms with van der Waals surface area (Å²) in [5, 5.41) is 2.10. The van der Waals surface area contributed by atoms with E-state index >= 15 is 0 Å². The third-order valence-corrected chi connectivity index (χ3v) is 3.96. The van der Waals surface area contributed by atoms with Crippen LogP contribution in [0.1, 0.15) is 18.7 Å². The van der Waals surface area contributed by atoms with Gasteiger partial charge in [0.1, 0.15) is 0 Å². The quantitative estimate of drug-likeness (QED) is 0.826. The second-order valence-electron chi connectivity index (χ2n) is 4.44. The minimum Gasteiger partial charge on any atom is -0.326 e. The first-order chi connectivity index (χ1) is 6.44. The van der Waals surface area contributed by atoms with Gasteiger partial charge >= 0.3 is 0 Å². The van der Waals surface area contributed by atoms with Gasteiger partial charge in [0, 0.05) is 16.5 Å². The number of rotatable bonds is 4. The molecule has 3 heteroatoms. The molecule has 1 aromatic heterocycles. The molecule has 1 atom stereocenters. The number of hydrogen-bond donors (Lipinski definition) is 1. The summed E-state index contributed by atoms with van der Waals surface area (Å²) in [7, 11) is 4.16. The second kappa shape index (κ2) is 4.43. The van der Waals surface area contributed by atoms with Crippen LogP contribution in [-0.2, 0) is 6.42 Å². The summed E-state index contributed by atoms with van der Waals surface area (Å²) in [5.41, 5.74) is 6.25. The molecule has 0 saturated carbocycles. The molecule has 0 fully saturated rings. The van der Waals surface area contributed by atoms with Gasteiger partial charge in [0.15, 0.2) is 0 Å². The molecule has 1 unspecified atom stereocenters. The smallest absolute Gasteiger partial charge is 0.0301 e. The van der Waals surface area contributed by atoms with Crippen molar-refractivity contribution in [3.63, 3.8) is 0 Å². The molecule has 0 saturated heterocycles. The summed E-state index contributed by atoms with van der Waals surface area (Å²) >= 11 is 1.78. The molecule has 0 aliphatic heterocycles. The molecular formula is C11H20N2S. The molecule has 80 valence electrons. The predicted octanol–water partition coefficient (Wildman–Crippen LogP) is 1.96. The van der Waals surface area contributed by atoms with Crippen LogP contribution in [0, 0.1) is 0 Å². The van der Waals surface area contributed by atoms with Gasteiger partial charge in [-0.2, -0.15) is 0 Å². The van der Waals surface area contributed by atoms with E-state index in [-0.39, 0.29) is 11.6 Å². The first-order valence-corrected chi connectivity index (χ1v) is 5.78. The van der Waals surface area contributed by atoms with Crippen molar-refractivity contribution in [3.8, 4) is 0 Å². The van der Waals surface area contributed by atoms with Crippen molar-refractivity contribution in [1.82, 2.24) is 4.90 Å². The van der Waals surface area contributed by atoms with E-state index in [0.717, 1.165) is 6.42 Å². The van der Waals surface area contributed by atoms with Crippen LogP contribution in [0.25, 0.3) is 0 Å². The summed E-state index contributed by atoms with van der Waals surface area (Å²) in [6.07, 6.45) is 0.961. The molecule has 1 heterocycles. The second-order valence-corrected chi connectivity index (χ2v) is 5.47. The number of thiophene rings is 1. The van der Waals surface area contributed by atoms with E-state index in [1.807, 2.05) is 0 Å². The largest absolute Gasteiger partial charge is 0.326 e. The molecule has 0 radical (unpaired) electrons. The lowest BCUT2D eigenvalue weighted by molar-refractivity contribution is 0.158. The highest BCUT2D eigenvalue weighted by Crippen LogP contribution is 2.19. The first-order valence-electron chi connectivity index (χ1n) is 4.90. The third-order valence-electron chi connectivity index (χ3n) is 3.06. The molecule has 0 aliphatic rings. The van der Waals surface area contributed by atoms with Crippen molar-refractivity contribution in [2.45, 2.75) is 31.8 Å². The zero-order chi connectivity index (χ0) is 10.8. The van der Waals surface area contributed by atoms with Crippen LogP contribution < -0.4 is 5.73 Å². The van der Waals surface area contributed by atoms with Crippen LogP contribution in [0.15, 0.2) is 17.5 Å². The molecule has 2 N–H and O–H groups in total. The molecule has 0 aromatic carbocycles. The average Bonchev–Trinajstić information content (AvgIpc) is 2.56. The van der Waals surface area contributed by atoms with E-state index in [9.17, 15) is 0 Å². The number of nitrogens with zero attached hydrogens (tertiary/aromatic N) is 1. The van der Waals surface area contributed by atoms with E-state index in [4.69, 9.17) is 5.73 Å². The van der Waals surface area contributed by atoms with Crippen LogP contribution >= 0.6 is 11.3 Å². The van der Waals surface area contributed by atoms with E-state index < -0.39 is 0 Å². The van der Waals surface area contributed by atoms with Crippen molar-refractivity contribution < 1.29 is 0 Å². The van der Waals surface area contributed by atoms with E-state index in [1.165, 1.54) is 4.88 Å². The van der Waals surface area contributed by atoms with Gasteiger partial charge in [0.05, 0.1) is 0 Å². The summed E-state index contributed by atoms with van der Waals surface area (Å²) in [6.45, 7) is 4.37. The normalized spacial score (nSPS) is 14.7. The Kier molecular flexibility index (Phi) is 3.70. The van der Waals surface area contributed by atoms with Gasteiger partial charge in [-0.05, 0) is 45.8 Å². The van der Waals surface area contributed by atoms with Gasteiger partial charge in [0.2, 0.25) is 0 Å². The highest BCUT2D eigenvalue weighted by Gasteiger charge is 2.28. The van der Waals surface area contributed by atoms with E-state index in [2.05, 4.69) is 50.4 Å². The Bertz CT molecular complexity index is 265. The number of nitrogens with two attached hydrogens (primary N) is 1. The highest BCUT2D eigenvalue weighted by molar-refractivity contribution is 7.09. The summed E-state index contributed by atoms with van der Waals surface area (Å²) < 4.78 is 0. The van der Waals surface area contributed by atoms with Gasteiger partial charge in [-0.15, -0.1) is 11.3 Å². The van der Waals surface area contributed by atoms with Crippen molar-refractivity contribution in [3.05, 3.63) is 22.4 Å². The lowest BCUT2D eigenvalue weighted by Gasteiger charge is -2.38. The zero-order valence-corrected chi connectivity index (χ0v) is 10.3. The zero-order valence-electron chi connectivity index (χ0n) is 9.45. The Balaban J connectivity index is 2.62. The topological polar surface area (TPSA) is 29.3 Å². The molecule has 14 heavy (non-hydrogen) atoms. The lowest BCUT2D eigenvalue weighted by atomic mass is 9.91. The van der Waals surface area contributed by atoms with Crippen LogP contribution in [0.3, 0.4) is 0 Å². The fraction of sp³-hybridized carbons (Fsp3) is 0.636. The van der Waals surface area contributed by atoms with Gasteiger partial charge in [0.25, 0.3) is 0 Å². The maximum absolute atomic E-state index is 6.21. The minimum atomic E-state index is 0.0456. The van der Waals surface area contributed by atoms with Gasteiger partial charge in [-0.3, -0.25) is 0 Å². The standard InChI is InChI=1S/C11H20N2S/c1-11(2,13(3)4)10(12)8-9-6-5-7-14-9/h5-7,10H,8,12H2,1-4H3. The maximum atomic E-state index is 6.21. The van der Waals surface area contributed by atoms with Crippen LogP contribution in [-0.4, -0.2) is 30.6 Å². The number of hydrogen-bond acceptors (Lipinski definition) is 3. The van der Waals surface area contributed by atoms with Crippen LogP contribution in [0.2, 0.25) is 0 Å². The first kappa shape index (κ1) is 11.7. The Morgan fingerprint density at radius 3 is 2.57 bits per heavy atom. The van der Waals surface area contributed by atoms with Crippen LogP contribution in [0.4, 0.5) is 0 Å². The third kappa shape index (κ3) is 2.56. The minimum absolute atomic E-state index is 0.0456. The monoisotopic (exact) mass is 212 g/mol. The van der Waals surface area contributed by atoms with Crippen LogP contribution in [0.5, 0.6) is 0 Å². The van der Waals surface area contributed by atoms with E-state index in [1.54, 1.807) is 11.3 Å². The summed E-state index contributed by atoms with van der Waals surface area (Å²) in [6, 6.07) is 4.40. The molecule has 1 aromatic rings. The van der Waals surface area contributed by atoms with Crippen molar-refractivity contribution in [2.75, 3.05) is 14.1 Å². The Hall–Kier alpha value is -0.380. The molecule has 0 bridgehead atoms. The van der Waals surface area contributed by atoms with Crippen molar-refractivity contribution >= 4 is 11.3 Å². The van der Waals surface area contributed by atoms with Gasteiger partial charge in [-0.1, -0.05) is 6.07 Å². The van der Waals surface area contributed by atoms with Gasteiger partial charge in [-0.25, -0.2) is 0 Å². The highest BCUT2D eigenvalue weighted by atomic mass is 32.1. The van der Waals surface area contributed by atoms with E-state index in [0.29, 0.717) is 0 Å².